The predicted octanol–water partition coefficient (Wildman–Crippen LogP) is 2.26. The third-order valence-corrected chi connectivity index (χ3v) is 5.45. The van der Waals surface area contributed by atoms with E-state index in [4.69, 9.17) is 4.74 Å². The van der Waals surface area contributed by atoms with Gasteiger partial charge in [-0.15, -0.1) is 5.10 Å². The van der Waals surface area contributed by atoms with Crippen LogP contribution in [-0.4, -0.2) is 68.7 Å². The lowest BCUT2D eigenvalue weighted by Crippen LogP contribution is -2.49. The first kappa shape index (κ1) is 21.0. The van der Waals surface area contributed by atoms with Gasteiger partial charge in [0.15, 0.2) is 5.82 Å². The van der Waals surface area contributed by atoms with Crippen LogP contribution >= 0.6 is 0 Å². The Labute approximate surface area is 182 Å². The molecular formula is C23H28N6O2. The van der Waals surface area contributed by atoms with Gasteiger partial charge in [0.1, 0.15) is 5.75 Å². The summed E-state index contributed by atoms with van der Waals surface area (Å²) in [4.78, 5) is 16.9. The number of hydrogen-bond acceptors (Lipinski definition) is 6. The van der Waals surface area contributed by atoms with Crippen molar-refractivity contribution >= 4 is 5.91 Å². The van der Waals surface area contributed by atoms with Gasteiger partial charge < -0.3 is 9.64 Å². The molecule has 2 aromatic carbocycles. The Hall–Kier alpha value is -3.26. The van der Waals surface area contributed by atoms with Crippen LogP contribution in [-0.2, 0) is 17.8 Å². The SMILES string of the molecule is CCOc1ccc(-n2nnnc2CN2CCN(C(=O)Cc3cccc(C)c3)CC2)cc1. The van der Waals surface area contributed by atoms with Crippen molar-refractivity contribution in [1.29, 1.82) is 0 Å². The van der Waals surface area contributed by atoms with Crippen molar-refractivity contribution in [3.8, 4) is 11.4 Å². The molecule has 8 heteroatoms. The Morgan fingerprint density at radius 1 is 1.06 bits per heavy atom. The maximum atomic E-state index is 12.7. The molecule has 4 rings (SSSR count). The average molecular weight is 421 g/mol. The fourth-order valence-electron chi connectivity index (χ4n) is 3.82. The van der Waals surface area contributed by atoms with Gasteiger partial charge in [-0.25, -0.2) is 0 Å². The average Bonchev–Trinajstić information content (AvgIpc) is 3.23. The van der Waals surface area contributed by atoms with E-state index in [1.54, 1.807) is 4.68 Å². The molecule has 31 heavy (non-hydrogen) atoms. The van der Waals surface area contributed by atoms with Gasteiger partial charge in [-0.05, 0) is 54.1 Å². The molecule has 162 valence electrons. The van der Waals surface area contributed by atoms with E-state index in [0.717, 1.165) is 49.0 Å². The molecule has 0 unspecified atom stereocenters. The van der Waals surface area contributed by atoms with Gasteiger partial charge in [0.2, 0.25) is 5.91 Å². The highest BCUT2D eigenvalue weighted by molar-refractivity contribution is 5.79. The normalized spacial score (nSPS) is 14.6. The quantitative estimate of drug-likeness (QED) is 0.584. The molecule has 0 saturated carbocycles. The lowest BCUT2D eigenvalue weighted by molar-refractivity contribution is -0.132. The van der Waals surface area contributed by atoms with Crippen LogP contribution in [0.15, 0.2) is 48.5 Å². The molecular weight excluding hydrogens is 392 g/mol. The molecule has 8 nitrogen and oxygen atoms in total. The third kappa shape index (κ3) is 5.27. The second-order valence-electron chi connectivity index (χ2n) is 7.76. The fraction of sp³-hybridized carbons (Fsp3) is 0.391. The molecule has 1 amide bonds. The van der Waals surface area contributed by atoms with Crippen molar-refractivity contribution in [3.05, 3.63) is 65.5 Å². The Morgan fingerprint density at radius 2 is 1.84 bits per heavy atom. The summed E-state index contributed by atoms with van der Waals surface area (Å²) in [7, 11) is 0. The number of piperazine rings is 1. The van der Waals surface area contributed by atoms with Crippen LogP contribution in [0, 0.1) is 6.92 Å². The summed E-state index contributed by atoms with van der Waals surface area (Å²) in [5.74, 6) is 1.79. The minimum Gasteiger partial charge on any atom is -0.494 e. The number of nitrogens with zero attached hydrogens (tertiary/aromatic N) is 6. The number of benzene rings is 2. The molecule has 3 aromatic rings. The smallest absolute Gasteiger partial charge is 0.227 e. The van der Waals surface area contributed by atoms with Crippen LogP contribution in [0.2, 0.25) is 0 Å². The maximum absolute atomic E-state index is 12.7. The van der Waals surface area contributed by atoms with Crippen LogP contribution in [0.25, 0.3) is 5.69 Å². The lowest BCUT2D eigenvalue weighted by atomic mass is 10.1. The standard InChI is InChI=1S/C23H28N6O2/c1-3-31-21-9-7-20(8-10-21)29-22(24-25-26-29)17-27-11-13-28(14-12-27)23(30)16-19-6-4-5-18(2)15-19/h4-10,15H,3,11-14,16-17H2,1-2H3. The van der Waals surface area contributed by atoms with Gasteiger partial charge in [-0.3, -0.25) is 9.69 Å². The highest BCUT2D eigenvalue weighted by atomic mass is 16.5. The molecule has 2 heterocycles. The first-order chi connectivity index (χ1) is 15.1. The zero-order valence-electron chi connectivity index (χ0n) is 18.1. The number of rotatable bonds is 7. The zero-order valence-corrected chi connectivity index (χ0v) is 18.1. The first-order valence-corrected chi connectivity index (χ1v) is 10.7. The summed E-state index contributed by atoms with van der Waals surface area (Å²) in [6.45, 7) is 8.32. The van der Waals surface area contributed by atoms with Crippen LogP contribution < -0.4 is 4.74 Å². The van der Waals surface area contributed by atoms with Crippen molar-refractivity contribution in [2.75, 3.05) is 32.8 Å². The number of carbonyl (C=O) groups excluding carboxylic acids is 1. The number of amides is 1. The number of hydrogen-bond donors (Lipinski definition) is 0. The molecule has 1 aliphatic heterocycles. The summed E-state index contributed by atoms with van der Waals surface area (Å²) < 4.78 is 7.26. The maximum Gasteiger partial charge on any atom is 0.227 e. The molecule has 0 bridgehead atoms. The molecule has 0 spiro atoms. The number of aromatic nitrogens is 4. The second kappa shape index (κ2) is 9.70. The Bertz CT molecular complexity index is 1010. The van der Waals surface area contributed by atoms with E-state index >= 15 is 0 Å². The van der Waals surface area contributed by atoms with E-state index in [-0.39, 0.29) is 5.91 Å². The molecule has 1 aromatic heterocycles. The minimum atomic E-state index is 0.185. The fourth-order valence-corrected chi connectivity index (χ4v) is 3.82. The van der Waals surface area contributed by atoms with E-state index in [9.17, 15) is 4.79 Å². The summed E-state index contributed by atoms with van der Waals surface area (Å²) in [6.07, 6.45) is 0.456. The van der Waals surface area contributed by atoms with E-state index < -0.39 is 0 Å². The predicted molar refractivity (Wildman–Crippen MR) is 117 cm³/mol. The zero-order chi connectivity index (χ0) is 21.6. The molecule has 1 saturated heterocycles. The van der Waals surface area contributed by atoms with Gasteiger partial charge in [0, 0.05) is 26.2 Å². The number of ether oxygens (including phenoxy) is 1. The monoisotopic (exact) mass is 420 g/mol. The van der Waals surface area contributed by atoms with Crippen molar-refractivity contribution in [2.45, 2.75) is 26.8 Å². The van der Waals surface area contributed by atoms with E-state index in [1.807, 2.05) is 61.2 Å². The summed E-state index contributed by atoms with van der Waals surface area (Å²) in [6, 6.07) is 15.9. The van der Waals surface area contributed by atoms with Gasteiger partial charge in [-0.1, -0.05) is 29.8 Å². The summed E-state index contributed by atoms with van der Waals surface area (Å²) >= 11 is 0. The molecule has 1 fully saturated rings. The number of tetrazole rings is 1. The Balaban J connectivity index is 1.32. The van der Waals surface area contributed by atoms with Gasteiger partial charge in [0.05, 0.1) is 25.3 Å². The van der Waals surface area contributed by atoms with Crippen molar-refractivity contribution in [3.63, 3.8) is 0 Å². The molecule has 0 aliphatic carbocycles. The van der Waals surface area contributed by atoms with Crippen LogP contribution in [0.4, 0.5) is 0 Å². The second-order valence-corrected chi connectivity index (χ2v) is 7.76. The Kier molecular flexibility index (Phi) is 6.57. The van der Waals surface area contributed by atoms with Crippen molar-refractivity contribution < 1.29 is 9.53 Å². The molecule has 0 radical (unpaired) electrons. The molecule has 0 atom stereocenters. The van der Waals surface area contributed by atoms with Crippen molar-refractivity contribution in [1.82, 2.24) is 30.0 Å². The van der Waals surface area contributed by atoms with Gasteiger partial charge >= 0.3 is 0 Å². The van der Waals surface area contributed by atoms with Crippen molar-refractivity contribution in [2.24, 2.45) is 0 Å². The lowest BCUT2D eigenvalue weighted by Gasteiger charge is -2.34. The highest BCUT2D eigenvalue weighted by Crippen LogP contribution is 2.17. The van der Waals surface area contributed by atoms with Gasteiger partial charge in [0.25, 0.3) is 0 Å². The van der Waals surface area contributed by atoms with Gasteiger partial charge in [-0.2, -0.15) is 4.68 Å². The first-order valence-electron chi connectivity index (χ1n) is 10.7. The number of carbonyl (C=O) groups is 1. The molecule has 1 aliphatic rings. The minimum absolute atomic E-state index is 0.185. The van der Waals surface area contributed by atoms with E-state index in [2.05, 4.69) is 26.5 Å². The number of aryl methyl sites for hydroxylation is 1. The van der Waals surface area contributed by atoms with E-state index in [0.29, 0.717) is 19.6 Å². The highest BCUT2D eigenvalue weighted by Gasteiger charge is 2.23. The Morgan fingerprint density at radius 3 is 2.55 bits per heavy atom. The van der Waals surface area contributed by atoms with E-state index in [1.165, 1.54) is 5.56 Å². The van der Waals surface area contributed by atoms with Crippen LogP contribution in [0.1, 0.15) is 23.9 Å². The van der Waals surface area contributed by atoms with Crippen LogP contribution in [0.5, 0.6) is 5.75 Å². The summed E-state index contributed by atoms with van der Waals surface area (Å²) in [5.41, 5.74) is 3.15. The topological polar surface area (TPSA) is 76.4 Å². The summed E-state index contributed by atoms with van der Waals surface area (Å²) in [5, 5.41) is 12.2. The molecule has 0 N–H and O–H groups in total. The van der Waals surface area contributed by atoms with Crippen LogP contribution in [0.3, 0.4) is 0 Å². The third-order valence-electron chi connectivity index (χ3n) is 5.45. The largest absolute Gasteiger partial charge is 0.494 e.